The predicted octanol–water partition coefficient (Wildman–Crippen LogP) is 7.90. The molecule has 4 heteroatoms. The van der Waals surface area contributed by atoms with E-state index in [1.54, 1.807) is 0 Å². The average molecular weight is 511 g/mol. The van der Waals surface area contributed by atoms with Crippen LogP contribution >= 0.6 is 15.9 Å². The summed E-state index contributed by atoms with van der Waals surface area (Å²) in [5.41, 5.74) is 4.77. The van der Waals surface area contributed by atoms with E-state index in [2.05, 4.69) is 94.9 Å². The lowest BCUT2D eigenvalue weighted by Gasteiger charge is -2.19. The number of halogens is 1. The van der Waals surface area contributed by atoms with Crippen LogP contribution in [-0.4, -0.2) is 11.7 Å². The van der Waals surface area contributed by atoms with Crippen molar-refractivity contribution in [2.24, 2.45) is 0 Å². The normalized spacial score (nSPS) is 10.7. The van der Waals surface area contributed by atoms with Gasteiger partial charge in [-0.15, -0.1) is 0 Å². The largest absolute Gasteiger partial charge is 0.444 e. The van der Waals surface area contributed by atoms with Gasteiger partial charge in [-0.3, -0.25) is 0 Å². The fourth-order valence-electron chi connectivity index (χ4n) is 3.17. The molecule has 33 heavy (non-hydrogen) atoms. The first kappa shape index (κ1) is 26.7. The lowest BCUT2D eigenvalue weighted by molar-refractivity contribution is 0.0523. The maximum Gasteiger partial charge on any atom is 0.407 e. The van der Waals surface area contributed by atoms with Crippen molar-refractivity contribution in [1.29, 1.82) is 0 Å². The first-order valence-electron chi connectivity index (χ1n) is 11.6. The number of ether oxygens (including phenoxy) is 1. The minimum Gasteiger partial charge on any atom is -0.444 e. The van der Waals surface area contributed by atoms with Gasteiger partial charge in [0.1, 0.15) is 5.60 Å². The lowest BCUT2D eigenvalue weighted by Crippen LogP contribution is -2.32. The third kappa shape index (κ3) is 11.7. The van der Waals surface area contributed by atoms with Gasteiger partial charge < -0.3 is 10.1 Å². The summed E-state index contributed by atoms with van der Waals surface area (Å²) in [7, 11) is 0. The first-order valence-corrected chi connectivity index (χ1v) is 12.4. The summed E-state index contributed by atoms with van der Waals surface area (Å²) in [4.78, 5) is 11.4. The minimum absolute atomic E-state index is 0.378. The Bertz CT molecular complexity index is 946. The molecule has 3 nitrogen and oxygen atoms in total. The Morgan fingerprint density at radius 2 is 1.30 bits per heavy atom. The highest BCUT2D eigenvalue weighted by molar-refractivity contribution is 9.10. The van der Waals surface area contributed by atoms with E-state index in [0.29, 0.717) is 6.54 Å². The smallest absolute Gasteiger partial charge is 0.407 e. The van der Waals surface area contributed by atoms with Gasteiger partial charge in [-0.1, -0.05) is 89.6 Å². The van der Waals surface area contributed by atoms with Gasteiger partial charge in [-0.25, -0.2) is 4.79 Å². The zero-order valence-corrected chi connectivity index (χ0v) is 21.8. The van der Waals surface area contributed by atoms with Crippen LogP contribution in [-0.2, 0) is 30.5 Å². The molecule has 0 heterocycles. The van der Waals surface area contributed by atoms with Crippen molar-refractivity contribution in [3.05, 3.63) is 106 Å². The number of carbonyl (C=O) groups is 1. The van der Waals surface area contributed by atoms with E-state index in [1.165, 1.54) is 23.1 Å². The molecule has 0 saturated heterocycles. The molecule has 0 saturated carbocycles. The van der Waals surface area contributed by atoms with Crippen molar-refractivity contribution in [3.63, 3.8) is 0 Å². The number of nitrogens with one attached hydrogen (secondary N) is 1. The lowest BCUT2D eigenvalue weighted by atomic mass is 10.0. The second-order valence-electron chi connectivity index (χ2n) is 8.99. The van der Waals surface area contributed by atoms with Crippen LogP contribution < -0.4 is 5.32 Å². The van der Waals surface area contributed by atoms with Gasteiger partial charge in [0.05, 0.1) is 0 Å². The molecule has 0 aliphatic carbocycles. The van der Waals surface area contributed by atoms with Crippen molar-refractivity contribution in [2.45, 2.75) is 65.5 Å². The van der Waals surface area contributed by atoms with Crippen LogP contribution in [0, 0.1) is 0 Å². The number of benzene rings is 3. The molecule has 0 bridgehead atoms. The van der Waals surface area contributed by atoms with Crippen molar-refractivity contribution in [2.75, 3.05) is 0 Å². The third-order valence-corrected chi connectivity index (χ3v) is 5.48. The molecule has 0 aliphatic rings. The van der Waals surface area contributed by atoms with E-state index in [1.807, 2.05) is 32.9 Å². The van der Waals surface area contributed by atoms with Crippen molar-refractivity contribution < 1.29 is 9.53 Å². The van der Waals surface area contributed by atoms with E-state index in [0.717, 1.165) is 29.3 Å². The number of alkyl carbamates (subject to hydrolysis) is 1. The molecule has 0 unspecified atom stereocenters. The molecule has 0 radical (unpaired) electrons. The van der Waals surface area contributed by atoms with E-state index >= 15 is 0 Å². The number of rotatable bonds is 7. The number of hydrogen-bond acceptors (Lipinski definition) is 2. The monoisotopic (exact) mass is 509 g/mol. The Balaban J connectivity index is 0.000000234. The molecule has 0 fully saturated rings. The third-order valence-electron chi connectivity index (χ3n) is 4.95. The quantitative estimate of drug-likeness (QED) is 0.351. The maximum absolute atomic E-state index is 11.4. The fraction of sp³-hybridized carbons (Fsp3) is 0.345. The molecule has 1 N–H and O–H groups in total. The Labute approximate surface area is 207 Å². The molecule has 0 atom stereocenters. The molecule has 3 rings (SSSR count). The highest BCUT2D eigenvalue weighted by Gasteiger charge is 2.15. The van der Waals surface area contributed by atoms with Crippen LogP contribution in [0.4, 0.5) is 4.79 Å². The molecule has 176 valence electrons. The molecule has 0 aliphatic heterocycles. The highest BCUT2D eigenvalue weighted by atomic mass is 79.9. The highest BCUT2D eigenvalue weighted by Crippen LogP contribution is 2.13. The first-order chi connectivity index (χ1) is 15.7. The maximum atomic E-state index is 11.4. The summed E-state index contributed by atoms with van der Waals surface area (Å²) < 4.78 is 6.31. The number of carbonyl (C=O) groups excluding carboxylic acids is 1. The Kier molecular flexibility index (Phi) is 11.2. The number of aryl methyl sites for hydroxylation is 3. The van der Waals surface area contributed by atoms with Crippen LogP contribution in [0.25, 0.3) is 0 Å². The van der Waals surface area contributed by atoms with Gasteiger partial charge in [0, 0.05) is 11.0 Å². The summed E-state index contributed by atoms with van der Waals surface area (Å²) in [6.45, 7) is 8.17. The molecule has 3 aromatic carbocycles. The molecule has 0 spiro atoms. The van der Waals surface area contributed by atoms with Crippen molar-refractivity contribution >= 4 is 22.0 Å². The Morgan fingerprint density at radius 3 is 1.85 bits per heavy atom. The van der Waals surface area contributed by atoms with Gasteiger partial charge in [-0.05, 0) is 80.8 Å². The van der Waals surface area contributed by atoms with Crippen LogP contribution in [0.3, 0.4) is 0 Å². The zero-order chi connectivity index (χ0) is 24.1. The topological polar surface area (TPSA) is 38.3 Å². The summed E-state index contributed by atoms with van der Waals surface area (Å²) in [6, 6.07) is 27.5. The average Bonchev–Trinajstić information content (AvgIpc) is 2.79. The van der Waals surface area contributed by atoms with E-state index in [9.17, 15) is 4.79 Å². The summed E-state index contributed by atoms with van der Waals surface area (Å²) in [5, 5.41) is 2.73. The molecular weight excluding hydrogens is 474 g/mol. The number of hydrogen-bond donors (Lipinski definition) is 1. The van der Waals surface area contributed by atoms with Gasteiger partial charge in [-0.2, -0.15) is 0 Å². The zero-order valence-electron chi connectivity index (χ0n) is 20.2. The van der Waals surface area contributed by atoms with Gasteiger partial charge in [0.25, 0.3) is 0 Å². The summed E-state index contributed by atoms with van der Waals surface area (Å²) in [5.74, 6) is 0. The Hall–Kier alpha value is -2.59. The summed E-state index contributed by atoms with van der Waals surface area (Å²) >= 11 is 3.45. The van der Waals surface area contributed by atoms with Gasteiger partial charge in [0.2, 0.25) is 0 Å². The van der Waals surface area contributed by atoms with Crippen molar-refractivity contribution in [1.82, 2.24) is 5.32 Å². The predicted molar refractivity (Wildman–Crippen MR) is 142 cm³/mol. The standard InChI is InChI=1S/C15H15Br.C14H21NO2/c16-15-11-9-14(10-12-15)8-4-7-13-5-2-1-3-6-13;1-5-11-6-8-12(9-7-11)10-15-13(16)17-14(2,3)4/h1-3,5-6,9-12H,4,7-8H2;6-9H,5,10H2,1-4H3,(H,15,16). The second kappa shape index (κ2) is 13.8. The van der Waals surface area contributed by atoms with Crippen LogP contribution in [0.2, 0.25) is 0 Å². The van der Waals surface area contributed by atoms with Crippen LogP contribution in [0.1, 0.15) is 56.4 Å². The number of amides is 1. The van der Waals surface area contributed by atoms with E-state index < -0.39 is 5.60 Å². The minimum atomic E-state index is -0.448. The van der Waals surface area contributed by atoms with Gasteiger partial charge >= 0.3 is 6.09 Å². The molecule has 3 aromatic rings. The molecule has 0 aromatic heterocycles. The van der Waals surface area contributed by atoms with Crippen molar-refractivity contribution in [3.8, 4) is 0 Å². The van der Waals surface area contributed by atoms with E-state index in [4.69, 9.17) is 4.74 Å². The van der Waals surface area contributed by atoms with Crippen LogP contribution in [0.5, 0.6) is 0 Å². The van der Waals surface area contributed by atoms with E-state index in [-0.39, 0.29) is 6.09 Å². The Morgan fingerprint density at radius 1 is 0.788 bits per heavy atom. The SMILES string of the molecule is Brc1ccc(CCCc2ccccc2)cc1.CCc1ccc(CNC(=O)OC(C)(C)C)cc1. The second-order valence-corrected chi connectivity index (χ2v) is 9.91. The molecule has 1 amide bonds. The molecular formula is C29H36BrNO2. The summed E-state index contributed by atoms with van der Waals surface area (Å²) in [6.07, 6.45) is 4.18. The van der Waals surface area contributed by atoms with Gasteiger partial charge in [0.15, 0.2) is 0 Å². The fourth-order valence-corrected chi connectivity index (χ4v) is 3.44. The van der Waals surface area contributed by atoms with Crippen LogP contribution in [0.15, 0.2) is 83.3 Å².